The van der Waals surface area contributed by atoms with Gasteiger partial charge in [0.15, 0.2) is 0 Å². The molecule has 1 aromatic rings. The average molecular weight is 313 g/mol. The number of hydrogen-bond acceptors (Lipinski definition) is 3. The second-order valence-electron chi connectivity index (χ2n) is 5.07. The molecule has 22 heavy (non-hydrogen) atoms. The lowest BCUT2D eigenvalue weighted by molar-refractivity contribution is -0.137. The molecule has 0 aromatic carbocycles. The second kappa shape index (κ2) is 21.9. The Morgan fingerprint density at radius 1 is 1.05 bits per heavy atom. The largest absolute Gasteiger partial charge is 0.481 e. The van der Waals surface area contributed by atoms with Gasteiger partial charge in [0.1, 0.15) is 0 Å². The fourth-order valence-corrected chi connectivity index (χ4v) is 1.47. The SMILES string of the molecule is CCCCCC(=O)O.CCCCNCCCC.c1c[nH]cn1. The first-order valence-electron chi connectivity index (χ1n) is 8.54. The van der Waals surface area contributed by atoms with E-state index in [4.69, 9.17) is 5.11 Å². The third kappa shape index (κ3) is 27.1. The summed E-state index contributed by atoms with van der Waals surface area (Å²) in [4.78, 5) is 16.3. The van der Waals surface area contributed by atoms with Crippen LogP contribution in [0.15, 0.2) is 18.7 Å². The molecule has 0 spiro atoms. The summed E-state index contributed by atoms with van der Waals surface area (Å²) in [6.45, 7) is 8.91. The molecule has 0 aliphatic heterocycles. The Hall–Kier alpha value is -1.36. The molecule has 0 saturated carbocycles. The number of H-pyrrole nitrogens is 1. The summed E-state index contributed by atoms with van der Waals surface area (Å²) >= 11 is 0. The van der Waals surface area contributed by atoms with Crippen LogP contribution in [0.2, 0.25) is 0 Å². The van der Waals surface area contributed by atoms with Crippen molar-refractivity contribution in [3.8, 4) is 0 Å². The molecule has 0 bridgehead atoms. The minimum atomic E-state index is -0.682. The maximum Gasteiger partial charge on any atom is 0.303 e. The van der Waals surface area contributed by atoms with Crippen molar-refractivity contribution in [3.63, 3.8) is 0 Å². The lowest BCUT2D eigenvalue weighted by Crippen LogP contribution is -2.15. The topological polar surface area (TPSA) is 78.0 Å². The lowest BCUT2D eigenvalue weighted by Gasteiger charge is -1.99. The molecule has 0 fully saturated rings. The highest BCUT2D eigenvalue weighted by Gasteiger charge is 1.92. The molecule has 0 radical (unpaired) electrons. The van der Waals surface area contributed by atoms with Crippen LogP contribution < -0.4 is 5.32 Å². The van der Waals surface area contributed by atoms with Gasteiger partial charge in [-0.05, 0) is 32.4 Å². The van der Waals surface area contributed by atoms with Gasteiger partial charge in [0.25, 0.3) is 0 Å². The Kier molecular flexibility index (Phi) is 22.8. The zero-order valence-corrected chi connectivity index (χ0v) is 14.6. The molecule has 1 rings (SSSR count). The summed E-state index contributed by atoms with van der Waals surface area (Å²) in [7, 11) is 0. The van der Waals surface area contributed by atoms with E-state index in [2.05, 4.69) is 36.1 Å². The number of rotatable bonds is 10. The molecule has 0 aliphatic rings. The predicted molar refractivity (Wildman–Crippen MR) is 93.1 cm³/mol. The molecule has 0 amide bonds. The van der Waals surface area contributed by atoms with Crippen LogP contribution in [-0.2, 0) is 4.79 Å². The molecule has 3 N–H and O–H groups in total. The normalized spacial score (nSPS) is 9.23. The Balaban J connectivity index is 0. The first kappa shape index (κ1) is 22.9. The summed E-state index contributed by atoms with van der Waals surface area (Å²) in [5.41, 5.74) is 0. The number of nitrogens with one attached hydrogen (secondary N) is 2. The van der Waals surface area contributed by atoms with Crippen LogP contribution in [0.4, 0.5) is 0 Å². The summed E-state index contributed by atoms with van der Waals surface area (Å²) in [5, 5.41) is 11.5. The van der Waals surface area contributed by atoms with Gasteiger partial charge in [0, 0.05) is 18.8 Å². The van der Waals surface area contributed by atoms with E-state index >= 15 is 0 Å². The van der Waals surface area contributed by atoms with E-state index in [1.807, 2.05) is 0 Å². The van der Waals surface area contributed by atoms with E-state index in [9.17, 15) is 4.79 Å². The smallest absolute Gasteiger partial charge is 0.303 e. The van der Waals surface area contributed by atoms with E-state index in [0.29, 0.717) is 6.42 Å². The third-order valence-electron chi connectivity index (χ3n) is 2.81. The fourth-order valence-electron chi connectivity index (χ4n) is 1.47. The van der Waals surface area contributed by atoms with Crippen LogP contribution in [0.25, 0.3) is 0 Å². The molecular weight excluding hydrogens is 278 g/mol. The second-order valence-corrected chi connectivity index (χ2v) is 5.07. The lowest BCUT2D eigenvalue weighted by atomic mass is 10.2. The Bertz CT molecular complexity index is 267. The van der Waals surface area contributed by atoms with Crippen molar-refractivity contribution in [3.05, 3.63) is 18.7 Å². The van der Waals surface area contributed by atoms with Crippen molar-refractivity contribution >= 4 is 5.97 Å². The van der Waals surface area contributed by atoms with Gasteiger partial charge in [-0.1, -0.05) is 46.5 Å². The number of aromatic nitrogens is 2. The molecule has 5 nitrogen and oxygen atoms in total. The minimum Gasteiger partial charge on any atom is -0.481 e. The third-order valence-corrected chi connectivity index (χ3v) is 2.81. The molecule has 0 atom stereocenters. The van der Waals surface area contributed by atoms with Gasteiger partial charge in [0.2, 0.25) is 0 Å². The summed E-state index contributed by atoms with van der Waals surface area (Å²) in [5.74, 6) is -0.682. The first-order valence-corrected chi connectivity index (χ1v) is 8.54. The Morgan fingerprint density at radius 3 is 1.95 bits per heavy atom. The Morgan fingerprint density at radius 2 is 1.64 bits per heavy atom. The van der Waals surface area contributed by atoms with Gasteiger partial charge >= 0.3 is 5.97 Å². The molecule has 0 saturated heterocycles. The van der Waals surface area contributed by atoms with E-state index in [1.165, 1.54) is 38.8 Å². The quantitative estimate of drug-likeness (QED) is 0.565. The van der Waals surface area contributed by atoms with Crippen molar-refractivity contribution in [1.29, 1.82) is 0 Å². The number of nitrogens with zero attached hydrogens (tertiary/aromatic N) is 1. The molecule has 0 unspecified atom stereocenters. The van der Waals surface area contributed by atoms with Gasteiger partial charge in [-0.3, -0.25) is 4.79 Å². The van der Waals surface area contributed by atoms with Crippen LogP contribution in [0.5, 0.6) is 0 Å². The van der Waals surface area contributed by atoms with Crippen molar-refractivity contribution in [1.82, 2.24) is 15.3 Å². The number of hydrogen-bond donors (Lipinski definition) is 3. The van der Waals surface area contributed by atoms with E-state index in [0.717, 1.165) is 19.3 Å². The van der Waals surface area contributed by atoms with E-state index in [1.54, 1.807) is 18.7 Å². The Labute approximate surface area is 135 Å². The van der Waals surface area contributed by atoms with Crippen LogP contribution >= 0.6 is 0 Å². The molecule has 1 aromatic heterocycles. The minimum absolute atomic E-state index is 0.327. The number of aromatic amines is 1. The van der Waals surface area contributed by atoms with Gasteiger partial charge in [0.05, 0.1) is 6.33 Å². The number of carbonyl (C=O) groups is 1. The monoisotopic (exact) mass is 313 g/mol. The predicted octanol–water partition coefficient (Wildman–Crippen LogP) is 4.24. The number of unbranched alkanes of at least 4 members (excludes halogenated alkanes) is 4. The zero-order chi connectivity index (χ0) is 16.9. The van der Waals surface area contributed by atoms with Crippen LogP contribution in [0, 0.1) is 0 Å². The van der Waals surface area contributed by atoms with Crippen LogP contribution in [0.1, 0.15) is 72.1 Å². The van der Waals surface area contributed by atoms with E-state index in [-0.39, 0.29) is 0 Å². The number of imidazole rings is 1. The van der Waals surface area contributed by atoms with E-state index < -0.39 is 5.97 Å². The highest BCUT2D eigenvalue weighted by atomic mass is 16.4. The number of aliphatic carboxylic acids is 1. The summed E-state index contributed by atoms with van der Waals surface area (Å²) in [6.07, 6.45) is 13.6. The molecule has 0 aliphatic carbocycles. The van der Waals surface area contributed by atoms with Crippen LogP contribution in [0.3, 0.4) is 0 Å². The maximum absolute atomic E-state index is 9.87. The zero-order valence-electron chi connectivity index (χ0n) is 14.6. The van der Waals surface area contributed by atoms with Gasteiger partial charge in [-0.2, -0.15) is 0 Å². The highest BCUT2D eigenvalue weighted by molar-refractivity contribution is 5.66. The molecule has 1 heterocycles. The molecular formula is C17H35N3O2. The fraction of sp³-hybridized carbons (Fsp3) is 0.765. The number of carboxylic acid groups (broad SMARTS) is 1. The van der Waals surface area contributed by atoms with Crippen molar-refractivity contribution < 1.29 is 9.90 Å². The van der Waals surface area contributed by atoms with Gasteiger partial charge < -0.3 is 15.4 Å². The van der Waals surface area contributed by atoms with Crippen molar-refractivity contribution in [2.75, 3.05) is 13.1 Å². The first-order chi connectivity index (χ1) is 10.7. The van der Waals surface area contributed by atoms with Gasteiger partial charge in [-0.25, -0.2) is 4.98 Å². The van der Waals surface area contributed by atoms with Crippen molar-refractivity contribution in [2.24, 2.45) is 0 Å². The van der Waals surface area contributed by atoms with Crippen LogP contribution in [-0.4, -0.2) is 34.1 Å². The number of carboxylic acids is 1. The van der Waals surface area contributed by atoms with Crippen molar-refractivity contribution in [2.45, 2.75) is 72.1 Å². The highest BCUT2D eigenvalue weighted by Crippen LogP contribution is 1.97. The van der Waals surface area contributed by atoms with Gasteiger partial charge in [-0.15, -0.1) is 0 Å². The standard InChI is InChI=1S/C8H19N.C6H12O2.C3H4N2/c1-3-5-7-9-8-6-4-2;1-2-3-4-5-6(7)8;1-2-5-3-4-1/h9H,3-8H2,1-2H3;2-5H2,1H3,(H,7,8);1-3H,(H,4,5). The maximum atomic E-state index is 9.87. The summed E-state index contributed by atoms with van der Waals surface area (Å²) in [6, 6.07) is 0. The average Bonchev–Trinajstić information content (AvgIpc) is 3.07. The molecule has 5 heteroatoms. The summed E-state index contributed by atoms with van der Waals surface area (Å²) < 4.78 is 0. The molecule has 130 valence electrons.